The molecule has 0 fully saturated rings. The van der Waals surface area contributed by atoms with Crippen LogP contribution in [0.15, 0.2) is 16.7 Å². The zero-order chi connectivity index (χ0) is 10.6. The SMILES string of the molecule is CCCCN(C)C(=O)c1cc(Br)c[nH]1. The van der Waals surface area contributed by atoms with Crippen molar-refractivity contribution in [2.24, 2.45) is 0 Å². The number of rotatable bonds is 4. The average Bonchev–Trinajstić information content (AvgIpc) is 2.60. The lowest BCUT2D eigenvalue weighted by Crippen LogP contribution is -2.27. The molecule has 0 aliphatic carbocycles. The molecule has 1 amide bonds. The fraction of sp³-hybridized carbons (Fsp3) is 0.500. The minimum absolute atomic E-state index is 0.0455. The van der Waals surface area contributed by atoms with E-state index in [0.29, 0.717) is 5.69 Å². The minimum atomic E-state index is 0.0455. The average molecular weight is 259 g/mol. The van der Waals surface area contributed by atoms with Crippen molar-refractivity contribution in [3.05, 3.63) is 22.4 Å². The third-order valence-corrected chi connectivity index (χ3v) is 2.53. The summed E-state index contributed by atoms with van der Waals surface area (Å²) in [7, 11) is 1.83. The number of halogens is 1. The van der Waals surface area contributed by atoms with E-state index in [1.165, 1.54) is 0 Å². The molecule has 1 aromatic heterocycles. The fourth-order valence-electron chi connectivity index (χ4n) is 1.19. The molecule has 0 spiro atoms. The number of nitrogens with one attached hydrogen (secondary N) is 1. The number of hydrogen-bond acceptors (Lipinski definition) is 1. The van der Waals surface area contributed by atoms with Crippen LogP contribution < -0.4 is 0 Å². The topological polar surface area (TPSA) is 36.1 Å². The van der Waals surface area contributed by atoms with Crippen molar-refractivity contribution in [1.82, 2.24) is 9.88 Å². The van der Waals surface area contributed by atoms with Gasteiger partial charge < -0.3 is 9.88 Å². The number of aromatic amines is 1. The molecular weight excluding hydrogens is 244 g/mol. The predicted octanol–water partition coefficient (Wildman–Crippen LogP) is 2.65. The molecule has 14 heavy (non-hydrogen) atoms. The van der Waals surface area contributed by atoms with Crippen molar-refractivity contribution in [2.45, 2.75) is 19.8 Å². The summed E-state index contributed by atoms with van der Waals surface area (Å²) >= 11 is 3.30. The van der Waals surface area contributed by atoms with Gasteiger partial charge in [0, 0.05) is 24.3 Å². The number of carbonyl (C=O) groups is 1. The van der Waals surface area contributed by atoms with Crippen molar-refractivity contribution in [2.75, 3.05) is 13.6 Å². The third-order valence-electron chi connectivity index (χ3n) is 2.07. The van der Waals surface area contributed by atoms with Gasteiger partial charge >= 0.3 is 0 Å². The second kappa shape index (κ2) is 5.20. The monoisotopic (exact) mass is 258 g/mol. The maximum absolute atomic E-state index is 11.7. The summed E-state index contributed by atoms with van der Waals surface area (Å²) in [5, 5.41) is 0. The highest BCUT2D eigenvalue weighted by Gasteiger charge is 2.12. The van der Waals surface area contributed by atoms with Crippen molar-refractivity contribution in [3.63, 3.8) is 0 Å². The molecule has 0 atom stereocenters. The van der Waals surface area contributed by atoms with E-state index in [0.717, 1.165) is 23.9 Å². The van der Waals surface area contributed by atoms with Gasteiger partial charge in [-0.25, -0.2) is 0 Å². The first kappa shape index (κ1) is 11.3. The fourth-order valence-corrected chi connectivity index (χ4v) is 1.54. The van der Waals surface area contributed by atoms with E-state index < -0.39 is 0 Å². The molecule has 1 N–H and O–H groups in total. The zero-order valence-electron chi connectivity index (χ0n) is 8.51. The molecule has 3 nitrogen and oxygen atoms in total. The number of unbranched alkanes of at least 4 members (excludes halogenated alkanes) is 1. The number of amides is 1. The van der Waals surface area contributed by atoms with E-state index in [4.69, 9.17) is 0 Å². The van der Waals surface area contributed by atoms with Crippen LogP contribution in [-0.2, 0) is 0 Å². The molecule has 0 unspecified atom stereocenters. The standard InChI is InChI=1S/C10H15BrN2O/c1-3-4-5-13(2)10(14)9-6-8(11)7-12-9/h6-7,12H,3-5H2,1-2H3. The predicted molar refractivity (Wildman–Crippen MR) is 60.4 cm³/mol. The normalized spacial score (nSPS) is 10.2. The van der Waals surface area contributed by atoms with Crippen LogP contribution in [0.3, 0.4) is 0 Å². The summed E-state index contributed by atoms with van der Waals surface area (Å²) in [6.07, 6.45) is 3.91. The Morgan fingerprint density at radius 2 is 2.36 bits per heavy atom. The summed E-state index contributed by atoms with van der Waals surface area (Å²) < 4.78 is 0.907. The number of carbonyl (C=O) groups excluding carboxylic acids is 1. The van der Waals surface area contributed by atoms with Crippen molar-refractivity contribution in [1.29, 1.82) is 0 Å². The zero-order valence-corrected chi connectivity index (χ0v) is 10.1. The van der Waals surface area contributed by atoms with E-state index in [2.05, 4.69) is 27.8 Å². The van der Waals surface area contributed by atoms with Crippen LogP contribution in [0.5, 0.6) is 0 Å². The Bertz CT molecular complexity index is 309. The molecule has 1 heterocycles. The second-order valence-electron chi connectivity index (χ2n) is 3.31. The lowest BCUT2D eigenvalue weighted by Gasteiger charge is -2.15. The molecular formula is C10H15BrN2O. The highest BCUT2D eigenvalue weighted by molar-refractivity contribution is 9.10. The number of hydrogen-bond donors (Lipinski definition) is 1. The molecule has 0 radical (unpaired) electrons. The summed E-state index contributed by atoms with van der Waals surface area (Å²) in [6, 6.07) is 1.80. The largest absolute Gasteiger partial charge is 0.356 e. The first-order valence-corrected chi connectivity index (χ1v) is 5.53. The highest BCUT2D eigenvalue weighted by Crippen LogP contribution is 2.12. The highest BCUT2D eigenvalue weighted by atomic mass is 79.9. The Balaban J connectivity index is 2.56. The Kier molecular flexibility index (Phi) is 4.20. The molecule has 0 saturated heterocycles. The summed E-state index contributed by atoms with van der Waals surface area (Å²) in [5.41, 5.74) is 0.635. The van der Waals surface area contributed by atoms with Crippen LogP contribution in [0.4, 0.5) is 0 Å². The number of H-pyrrole nitrogens is 1. The molecule has 0 aliphatic heterocycles. The Labute approximate surface area is 92.6 Å². The van der Waals surface area contributed by atoms with Crippen LogP contribution in [0, 0.1) is 0 Å². The molecule has 1 rings (SSSR count). The second-order valence-corrected chi connectivity index (χ2v) is 4.23. The van der Waals surface area contributed by atoms with Crippen LogP contribution in [0.1, 0.15) is 30.3 Å². The van der Waals surface area contributed by atoms with Gasteiger partial charge in [-0.3, -0.25) is 4.79 Å². The van der Waals surface area contributed by atoms with Gasteiger partial charge in [0.25, 0.3) is 5.91 Å². The van der Waals surface area contributed by atoms with Gasteiger partial charge in [-0.15, -0.1) is 0 Å². The van der Waals surface area contributed by atoms with Crippen molar-refractivity contribution in [3.8, 4) is 0 Å². The summed E-state index contributed by atoms with van der Waals surface area (Å²) in [4.78, 5) is 16.4. The van der Waals surface area contributed by atoms with Gasteiger partial charge in [-0.05, 0) is 28.4 Å². The van der Waals surface area contributed by atoms with Gasteiger partial charge in [0.2, 0.25) is 0 Å². The van der Waals surface area contributed by atoms with Crippen LogP contribution in [-0.4, -0.2) is 29.4 Å². The van der Waals surface area contributed by atoms with Gasteiger partial charge in [0.05, 0.1) is 0 Å². The van der Waals surface area contributed by atoms with Crippen LogP contribution in [0.25, 0.3) is 0 Å². The smallest absolute Gasteiger partial charge is 0.270 e. The van der Waals surface area contributed by atoms with Crippen LogP contribution >= 0.6 is 15.9 Å². The molecule has 0 saturated carbocycles. The molecule has 0 aromatic carbocycles. The van der Waals surface area contributed by atoms with E-state index in [9.17, 15) is 4.79 Å². The van der Waals surface area contributed by atoms with E-state index >= 15 is 0 Å². The molecule has 0 aliphatic rings. The quantitative estimate of drug-likeness (QED) is 0.886. The number of nitrogens with zero attached hydrogens (tertiary/aromatic N) is 1. The minimum Gasteiger partial charge on any atom is -0.356 e. The molecule has 1 aromatic rings. The lowest BCUT2D eigenvalue weighted by atomic mass is 10.3. The Morgan fingerprint density at radius 1 is 1.64 bits per heavy atom. The maximum atomic E-state index is 11.7. The molecule has 4 heteroatoms. The Morgan fingerprint density at radius 3 is 2.86 bits per heavy atom. The van der Waals surface area contributed by atoms with Gasteiger partial charge in [0.15, 0.2) is 0 Å². The lowest BCUT2D eigenvalue weighted by molar-refractivity contribution is 0.0788. The maximum Gasteiger partial charge on any atom is 0.270 e. The van der Waals surface area contributed by atoms with Crippen molar-refractivity contribution >= 4 is 21.8 Å². The summed E-state index contributed by atoms with van der Waals surface area (Å²) in [6.45, 7) is 2.93. The van der Waals surface area contributed by atoms with Gasteiger partial charge in [-0.2, -0.15) is 0 Å². The molecule has 78 valence electrons. The first-order chi connectivity index (χ1) is 6.65. The first-order valence-electron chi connectivity index (χ1n) is 4.74. The Hall–Kier alpha value is -0.770. The van der Waals surface area contributed by atoms with E-state index in [1.54, 1.807) is 17.2 Å². The van der Waals surface area contributed by atoms with E-state index in [1.807, 2.05) is 7.05 Å². The number of aromatic nitrogens is 1. The third kappa shape index (κ3) is 2.87. The van der Waals surface area contributed by atoms with Crippen LogP contribution in [0.2, 0.25) is 0 Å². The molecule has 0 bridgehead atoms. The van der Waals surface area contributed by atoms with Gasteiger partial charge in [0.1, 0.15) is 5.69 Å². The van der Waals surface area contributed by atoms with E-state index in [-0.39, 0.29) is 5.91 Å². The van der Waals surface area contributed by atoms with Gasteiger partial charge in [-0.1, -0.05) is 13.3 Å². The van der Waals surface area contributed by atoms with Crippen molar-refractivity contribution < 1.29 is 4.79 Å². The summed E-state index contributed by atoms with van der Waals surface area (Å²) in [5.74, 6) is 0.0455.